The number of amides is 1. The summed E-state index contributed by atoms with van der Waals surface area (Å²) >= 11 is 0. The molecule has 1 atom stereocenters. The molecule has 1 fully saturated rings. The van der Waals surface area contributed by atoms with E-state index in [1.165, 1.54) is 12.8 Å². The lowest BCUT2D eigenvalue weighted by molar-refractivity contribution is 0.0858. The van der Waals surface area contributed by atoms with Crippen LogP contribution in [-0.4, -0.2) is 53.2 Å². The first-order valence-electron chi connectivity index (χ1n) is 7.69. The Morgan fingerprint density at radius 1 is 1.48 bits per heavy atom. The third kappa shape index (κ3) is 4.28. The zero-order valence-electron chi connectivity index (χ0n) is 12.9. The first-order chi connectivity index (χ1) is 10.1. The Kier molecular flexibility index (Phi) is 5.76. The minimum atomic E-state index is -0.203. The number of carbonyl (C=O) groups is 1. The Labute approximate surface area is 125 Å². The molecule has 1 aromatic heterocycles. The maximum atomic E-state index is 12.0. The summed E-state index contributed by atoms with van der Waals surface area (Å²) in [6.07, 6.45) is 4.33. The molecule has 0 aromatic carbocycles. The maximum Gasteiger partial charge on any atom is 0.289 e. The third-order valence-electron chi connectivity index (χ3n) is 3.98. The Morgan fingerprint density at radius 3 is 2.95 bits per heavy atom. The summed E-state index contributed by atoms with van der Waals surface area (Å²) in [5.74, 6) is 0.612. The lowest BCUT2D eigenvalue weighted by Gasteiger charge is -2.34. The van der Waals surface area contributed by atoms with Gasteiger partial charge in [-0.25, -0.2) is 4.98 Å². The molecule has 1 aliphatic rings. The molecule has 21 heavy (non-hydrogen) atoms. The summed E-state index contributed by atoms with van der Waals surface area (Å²) in [7, 11) is 0. The van der Waals surface area contributed by atoms with Gasteiger partial charge in [0, 0.05) is 26.1 Å². The van der Waals surface area contributed by atoms with Gasteiger partial charge < -0.3 is 14.8 Å². The summed E-state index contributed by atoms with van der Waals surface area (Å²) in [5, 5.41) is 12.2. The SMILES string of the molecule is Cc1nc(C)c(C(=O)NCCCN2CCCCC2CO)o1. The van der Waals surface area contributed by atoms with E-state index in [1.54, 1.807) is 13.8 Å². The first-order valence-corrected chi connectivity index (χ1v) is 7.69. The predicted molar refractivity (Wildman–Crippen MR) is 79.2 cm³/mol. The van der Waals surface area contributed by atoms with Crippen molar-refractivity contribution in [3.63, 3.8) is 0 Å². The molecule has 2 heterocycles. The van der Waals surface area contributed by atoms with Crippen molar-refractivity contribution in [3.05, 3.63) is 17.3 Å². The van der Waals surface area contributed by atoms with Gasteiger partial charge in [-0.3, -0.25) is 9.69 Å². The van der Waals surface area contributed by atoms with Gasteiger partial charge in [-0.1, -0.05) is 6.42 Å². The number of likely N-dealkylation sites (tertiary alicyclic amines) is 1. The number of aliphatic hydroxyl groups excluding tert-OH is 1. The van der Waals surface area contributed by atoms with E-state index < -0.39 is 0 Å². The van der Waals surface area contributed by atoms with Crippen molar-refractivity contribution in [2.75, 3.05) is 26.2 Å². The molecule has 1 aliphatic heterocycles. The Hall–Kier alpha value is -1.40. The van der Waals surface area contributed by atoms with Crippen LogP contribution < -0.4 is 5.32 Å². The van der Waals surface area contributed by atoms with Crippen LogP contribution in [0.2, 0.25) is 0 Å². The largest absolute Gasteiger partial charge is 0.436 e. The van der Waals surface area contributed by atoms with E-state index in [9.17, 15) is 9.90 Å². The molecule has 2 rings (SSSR count). The van der Waals surface area contributed by atoms with Crippen molar-refractivity contribution in [1.29, 1.82) is 0 Å². The average Bonchev–Trinajstić information content (AvgIpc) is 2.82. The second-order valence-corrected chi connectivity index (χ2v) is 5.63. The van der Waals surface area contributed by atoms with E-state index >= 15 is 0 Å². The number of hydrogen-bond acceptors (Lipinski definition) is 5. The molecule has 0 spiro atoms. The molecular weight excluding hydrogens is 270 g/mol. The molecule has 2 N–H and O–H groups in total. The number of aryl methyl sites for hydroxylation is 2. The molecule has 0 aliphatic carbocycles. The van der Waals surface area contributed by atoms with Gasteiger partial charge in [-0.2, -0.15) is 0 Å². The maximum absolute atomic E-state index is 12.0. The van der Waals surface area contributed by atoms with E-state index in [4.69, 9.17) is 4.42 Å². The Bertz CT molecular complexity index is 473. The highest BCUT2D eigenvalue weighted by atomic mass is 16.4. The van der Waals surface area contributed by atoms with Gasteiger partial charge in [0.1, 0.15) is 0 Å². The molecule has 118 valence electrons. The van der Waals surface area contributed by atoms with Crippen LogP contribution in [0.1, 0.15) is 47.8 Å². The molecule has 6 nitrogen and oxygen atoms in total. The number of carbonyl (C=O) groups excluding carboxylic acids is 1. The van der Waals surface area contributed by atoms with Crippen molar-refractivity contribution in [2.45, 2.75) is 45.6 Å². The van der Waals surface area contributed by atoms with Gasteiger partial charge in [0.15, 0.2) is 5.89 Å². The monoisotopic (exact) mass is 295 g/mol. The third-order valence-corrected chi connectivity index (χ3v) is 3.98. The van der Waals surface area contributed by atoms with Crippen LogP contribution in [0.5, 0.6) is 0 Å². The Morgan fingerprint density at radius 2 is 2.29 bits per heavy atom. The first kappa shape index (κ1) is 16.0. The molecule has 0 saturated carbocycles. The van der Waals surface area contributed by atoms with Crippen LogP contribution in [0, 0.1) is 13.8 Å². The summed E-state index contributed by atoms with van der Waals surface area (Å²) in [4.78, 5) is 18.4. The topological polar surface area (TPSA) is 78.6 Å². The molecule has 1 aromatic rings. The number of oxazole rings is 1. The fourth-order valence-corrected chi connectivity index (χ4v) is 2.87. The van der Waals surface area contributed by atoms with Crippen molar-refractivity contribution >= 4 is 5.91 Å². The van der Waals surface area contributed by atoms with E-state index in [0.29, 0.717) is 23.9 Å². The van der Waals surface area contributed by atoms with E-state index in [2.05, 4.69) is 15.2 Å². The zero-order chi connectivity index (χ0) is 15.2. The molecule has 1 amide bonds. The minimum absolute atomic E-state index is 0.203. The van der Waals surface area contributed by atoms with E-state index in [0.717, 1.165) is 25.9 Å². The molecule has 0 bridgehead atoms. The van der Waals surface area contributed by atoms with Crippen LogP contribution in [-0.2, 0) is 0 Å². The van der Waals surface area contributed by atoms with Crippen LogP contribution >= 0.6 is 0 Å². The van der Waals surface area contributed by atoms with Gasteiger partial charge in [0.2, 0.25) is 5.76 Å². The molecule has 6 heteroatoms. The summed E-state index contributed by atoms with van der Waals surface area (Å²) in [6.45, 7) is 6.27. The normalized spacial score (nSPS) is 19.7. The van der Waals surface area contributed by atoms with Crippen molar-refractivity contribution in [1.82, 2.24) is 15.2 Å². The van der Waals surface area contributed by atoms with Gasteiger partial charge in [-0.05, 0) is 32.7 Å². The molecule has 1 unspecified atom stereocenters. The summed E-state index contributed by atoms with van der Waals surface area (Å²) < 4.78 is 5.29. The summed E-state index contributed by atoms with van der Waals surface area (Å²) in [5.41, 5.74) is 0.626. The van der Waals surface area contributed by atoms with Gasteiger partial charge >= 0.3 is 0 Å². The quantitative estimate of drug-likeness (QED) is 0.772. The van der Waals surface area contributed by atoms with E-state index in [-0.39, 0.29) is 18.6 Å². The number of hydrogen-bond donors (Lipinski definition) is 2. The van der Waals surface area contributed by atoms with E-state index in [1.807, 2.05) is 0 Å². The van der Waals surface area contributed by atoms with Crippen LogP contribution in [0.4, 0.5) is 0 Å². The number of nitrogens with one attached hydrogen (secondary N) is 1. The van der Waals surface area contributed by atoms with Crippen molar-refractivity contribution < 1.29 is 14.3 Å². The fourth-order valence-electron chi connectivity index (χ4n) is 2.87. The second-order valence-electron chi connectivity index (χ2n) is 5.63. The highest BCUT2D eigenvalue weighted by molar-refractivity contribution is 5.92. The van der Waals surface area contributed by atoms with Crippen LogP contribution in [0.15, 0.2) is 4.42 Å². The number of aromatic nitrogens is 1. The van der Waals surface area contributed by atoms with Gasteiger partial charge in [0.05, 0.1) is 12.3 Å². The lowest BCUT2D eigenvalue weighted by Crippen LogP contribution is -2.43. The molecule has 1 saturated heterocycles. The number of aliphatic hydroxyl groups is 1. The molecule has 0 radical (unpaired) electrons. The van der Waals surface area contributed by atoms with Crippen molar-refractivity contribution in [3.8, 4) is 0 Å². The van der Waals surface area contributed by atoms with Crippen LogP contribution in [0.25, 0.3) is 0 Å². The number of piperidine rings is 1. The molecular formula is C15H25N3O3. The number of nitrogens with zero attached hydrogens (tertiary/aromatic N) is 2. The van der Waals surface area contributed by atoms with Crippen molar-refractivity contribution in [2.24, 2.45) is 0 Å². The fraction of sp³-hybridized carbons (Fsp3) is 0.733. The number of rotatable bonds is 6. The lowest BCUT2D eigenvalue weighted by atomic mass is 10.0. The standard InChI is InChI=1S/C15H25N3O3/c1-11-14(21-12(2)17-11)15(20)16-7-5-9-18-8-4-3-6-13(18)10-19/h13,19H,3-10H2,1-2H3,(H,16,20). The Balaban J connectivity index is 1.72. The van der Waals surface area contributed by atoms with Crippen LogP contribution in [0.3, 0.4) is 0 Å². The highest BCUT2D eigenvalue weighted by Gasteiger charge is 2.21. The highest BCUT2D eigenvalue weighted by Crippen LogP contribution is 2.16. The average molecular weight is 295 g/mol. The second kappa shape index (κ2) is 7.56. The van der Waals surface area contributed by atoms with Gasteiger partial charge in [-0.15, -0.1) is 0 Å². The minimum Gasteiger partial charge on any atom is -0.436 e. The predicted octanol–water partition coefficient (Wildman–Crippen LogP) is 1.26. The summed E-state index contributed by atoms with van der Waals surface area (Å²) in [6, 6.07) is 0.286. The zero-order valence-corrected chi connectivity index (χ0v) is 12.9. The van der Waals surface area contributed by atoms with Gasteiger partial charge in [0.25, 0.3) is 5.91 Å². The smallest absolute Gasteiger partial charge is 0.289 e.